The maximum absolute atomic E-state index is 12.2. The topological polar surface area (TPSA) is 159 Å². The smallest absolute Gasteiger partial charge is 0.451 e. The van der Waals surface area contributed by atoms with E-state index in [0.717, 1.165) is 0 Å². The second-order valence-electron chi connectivity index (χ2n) is 8.44. The first kappa shape index (κ1) is 21.1. The average molecular weight is 369 g/mol. The normalized spacial score (nSPS) is 34.6. The Labute approximate surface area is 154 Å². The first-order valence-corrected chi connectivity index (χ1v) is 9.50. The van der Waals surface area contributed by atoms with Gasteiger partial charge in [-0.2, -0.15) is 0 Å². The van der Waals surface area contributed by atoms with Gasteiger partial charge in [0.05, 0.1) is 6.04 Å². The summed E-state index contributed by atoms with van der Waals surface area (Å²) in [7, 11) is -1.39. The number of carbonyl (C=O) groups is 2. The van der Waals surface area contributed by atoms with Crippen molar-refractivity contribution in [3.8, 4) is 0 Å². The summed E-state index contributed by atoms with van der Waals surface area (Å²) in [6.07, 6.45) is 3.04. The number of nitrogens with one attached hydrogen (secondary N) is 1. The van der Waals surface area contributed by atoms with E-state index in [2.05, 4.69) is 5.32 Å². The minimum Gasteiger partial charge on any atom is -0.480 e. The molecule has 0 bridgehead atoms. The zero-order valence-electron chi connectivity index (χ0n) is 15.6. The fourth-order valence-corrected chi connectivity index (χ4v) is 4.81. The Morgan fingerprint density at radius 3 is 2.50 bits per heavy atom. The molecule has 2 fully saturated rings. The Hall–Kier alpha value is -1.16. The van der Waals surface area contributed by atoms with Crippen LogP contribution >= 0.6 is 0 Å². The number of carboxylic acid groups (broad SMARTS) is 1. The van der Waals surface area contributed by atoms with E-state index in [0.29, 0.717) is 32.1 Å². The number of carboxylic acids is 1. The lowest BCUT2D eigenvalue weighted by molar-refractivity contribution is -0.145. The Morgan fingerprint density at radius 1 is 1.31 bits per heavy atom. The van der Waals surface area contributed by atoms with E-state index in [4.69, 9.17) is 21.5 Å². The van der Waals surface area contributed by atoms with Gasteiger partial charge in [0.1, 0.15) is 5.54 Å². The zero-order chi connectivity index (χ0) is 19.6. The highest BCUT2D eigenvalue weighted by Gasteiger charge is 2.58. The largest absolute Gasteiger partial charge is 0.480 e. The number of rotatable bonds is 8. The molecule has 0 heterocycles. The summed E-state index contributed by atoms with van der Waals surface area (Å²) < 4.78 is 0. The molecule has 2 aliphatic carbocycles. The molecule has 9 heteroatoms. The highest BCUT2D eigenvalue weighted by molar-refractivity contribution is 6.40. The predicted molar refractivity (Wildman–Crippen MR) is 97.9 cm³/mol. The van der Waals surface area contributed by atoms with E-state index in [9.17, 15) is 14.7 Å². The van der Waals surface area contributed by atoms with Crippen molar-refractivity contribution in [2.24, 2.45) is 35.1 Å². The molecule has 26 heavy (non-hydrogen) atoms. The lowest BCUT2D eigenvalue weighted by Crippen LogP contribution is -2.53. The molecule has 0 aliphatic heterocycles. The van der Waals surface area contributed by atoms with Crippen LogP contribution in [0.25, 0.3) is 0 Å². The first-order valence-electron chi connectivity index (χ1n) is 9.50. The van der Waals surface area contributed by atoms with Crippen LogP contribution in [0.3, 0.4) is 0 Å². The molecule has 148 valence electrons. The molecule has 0 spiro atoms. The van der Waals surface area contributed by atoms with Gasteiger partial charge in [0.15, 0.2) is 0 Å². The standard InChI is InChI=1S/C17H32BN3O5/c1-9(2)14(19)15(22)21-11-6-10-8-17(20,16(23)24)13(12(10)7-11)4-3-5-18(25)26/h9-14,25-26H,3-8,19-20H2,1-2H3,(H,21,22)(H,23,24)/t10-,11+,12-,13+,14+,17+/m1/s1. The quantitative estimate of drug-likeness (QED) is 0.316. The Balaban J connectivity index is 2.02. The summed E-state index contributed by atoms with van der Waals surface area (Å²) in [5, 5.41) is 30.7. The van der Waals surface area contributed by atoms with Gasteiger partial charge in [-0.25, -0.2) is 0 Å². The number of nitrogens with two attached hydrogens (primary N) is 2. The van der Waals surface area contributed by atoms with E-state index in [1.165, 1.54) is 0 Å². The SMILES string of the molecule is CC(C)[C@H](N)C(=O)N[C@H]1C[C@@H]2C[C@@](N)(C(=O)O)[C@@H](CCCB(O)O)[C@@H]2C1. The van der Waals surface area contributed by atoms with Crippen molar-refractivity contribution in [2.75, 3.05) is 0 Å². The molecule has 2 saturated carbocycles. The van der Waals surface area contributed by atoms with Crippen LogP contribution in [0.2, 0.25) is 6.32 Å². The van der Waals surface area contributed by atoms with Crippen LogP contribution in [0.15, 0.2) is 0 Å². The Morgan fingerprint density at radius 2 is 1.96 bits per heavy atom. The fraction of sp³-hybridized carbons (Fsp3) is 0.882. The maximum Gasteiger partial charge on any atom is 0.451 e. The third-order valence-corrected chi connectivity index (χ3v) is 6.27. The molecule has 0 saturated heterocycles. The van der Waals surface area contributed by atoms with Gasteiger partial charge in [-0.1, -0.05) is 20.3 Å². The molecule has 0 unspecified atom stereocenters. The lowest BCUT2D eigenvalue weighted by atomic mass is 9.75. The van der Waals surface area contributed by atoms with E-state index < -0.39 is 24.7 Å². The summed E-state index contributed by atoms with van der Waals surface area (Å²) in [6, 6.07) is -0.559. The molecule has 0 radical (unpaired) electrons. The minimum atomic E-state index is -1.39. The van der Waals surface area contributed by atoms with Crippen molar-refractivity contribution in [1.82, 2.24) is 5.32 Å². The molecule has 0 aromatic rings. The van der Waals surface area contributed by atoms with Gasteiger partial charge < -0.3 is 31.9 Å². The molecule has 0 aromatic carbocycles. The van der Waals surface area contributed by atoms with Gasteiger partial charge in [-0.05, 0) is 55.7 Å². The second kappa shape index (κ2) is 8.25. The van der Waals surface area contributed by atoms with Crippen LogP contribution in [-0.2, 0) is 9.59 Å². The maximum atomic E-state index is 12.2. The number of fused-ring (bicyclic) bond motifs is 1. The van der Waals surface area contributed by atoms with Gasteiger partial charge in [-0.15, -0.1) is 0 Å². The third kappa shape index (κ3) is 4.39. The lowest BCUT2D eigenvalue weighted by Gasteiger charge is -2.31. The molecule has 2 rings (SSSR count). The van der Waals surface area contributed by atoms with Crippen molar-refractivity contribution >= 4 is 19.0 Å². The molecule has 0 aromatic heterocycles. The Bertz CT molecular complexity index is 533. The van der Waals surface area contributed by atoms with Gasteiger partial charge >= 0.3 is 13.1 Å². The molecule has 2 aliphatic rings. The van der Waals surface area contributed by atoms with Crippen molar-refractivity contribution in [2.45, 2.75) is 69.9 Å². The Kier molecular flexibility index (Phi) is 6.71. The van der Waals surface area contributed by atoms with E-state index >= 15 is 0 Å². The number of hydrogen-bond acceptors (Lipinski definition) is 6. The number of hydrogen-bond donors (Lipinski definition) is 6. The van der Waals surface area contributed by atoms with E-state index in [-0.39, 0.29) is 41.9 Å². The summed E-state index contributed by atoms with van der Waals surface area (Å²) in [5.74, 6) is -1.07. The van der Waals surface area contributed by atoms with Crippen molar-refractivity contribution in [1.29, 1.82) is 0 Å². The van der Waals surface area contributed by atoms with Gasteiger partial charge in [0.2, 0.25) is 5.91 Å². The van der Waals surface area contributed by atoms with Crippen LogP contribution in [-0.4, -0.2) is 51.8 Å². The van der Waals surface area contributed by atoms with Crippen LogP contribution in [0.5, 0.6) is 0 Å². The van der Waals surface area contributed by atoms with E-state index in [1.54, 1.807) is 0 Å². The monoisotopic (exact) mass is 369 g/mol. The average Bonchev–Trinajstić information content (AvgIpc) is 3.02. The first-order chi connectivity index (χ1) is 12.1. The number of aliphatic carboxylic acids is 1. The zero-order valence-corrected chi connectivity index (χ0v) is 15.6. The highest BCUT2D eigenvalue weighted by atomic mass is 16.4. The molecule has 8 nitrogen and oxygen atoms in total. The summed E-state index contributed by atoms with van der Waals surface area (Å²) in [6.45, 7) is 3.80. The minimum absolute atomic E-state index is 0.00780. The van der Waals surface area contributed by atoms with Gasteiger partial charge in [0.25, 0.3) is 0 Å². The summed E-state index contributed by atoms with van der Waals surface area (Å²) in [4.78, 5) is 24.0. The van der Waals surface area contributed by atoms with Gasteiger partial charge in [0, 0.05) is 6.04 Å². The second-order valence-corrected chi connectivity index (χ2v) is 8.44. The van der Waals surface area contributed by atoms with Crippen LogP contribution in [0.4, 0.5) is 0 Å². The summed E-state index contributed by atoms with van der Waals surface area (Å²) in [5.41, 5.74) is 10.9. The van der Waals surface area contributed by atoms with Crippen LogP contribution in [0, 0.1) is 23.7 Å². The highest BCUT2D eigenvalue weighted by Crippen LogP contribution is 2.53. The van der Waals surface area contributed by atoms with E-state index in [1.807, 2.05) is 13.8 Å². The molecular formula is C17H32BN3O5. The van der Waals surface area contributed by atoms with Crippen LogP contribution in [0.1, 0.15) is 46.0 Å². The molecule has 8 N–H and O–H groups in total. The molecular weight excluding hydrogens is 337 g/mol. The number of carbonyl (C=O) groups excluding carboxylic acids is 1. The van der Waals surface area contributed by atoms with Crippen molar-refractivity contribution in [3.63, 3.8) is 0 Å². The summed E-state index contributed by atoms with van der Waals surface area (Å²) >= 11 is 0. The predicted octanol–water partition coefficient (Wildman–Crippen LogP) is -0.464. The van der Waals surface area contributed by atoms with Gasteiger partial charge in [-0.3, -0.25) is 9.59 Å². The number of amides is 1. The van der Waals surface area contributed by atoms with Crippen molar-refractivity contribution < 1.29 is 24.7 Å². The van der Waals surface area contributed by atoms with Crippen LogP contribution < -0.4 is 16.8 Å². The third-order valence-electron chi connectivity index (χ3n) is 6.27. The molecule has 6 atom stereocenters. The van der Waals surface area contributed by atoms with Crippen molar-refractivity contribution in [3.05, 3.63) is 0 Å². The fourth-order valence-electron chi connectivity index (χ4n) is 4.81. The molecule has 1 amide bonds.